The second-order valence-electron chi connectivity index (χ2n) is 13.1. The molecule has 1 aromatic heterocycles. The summed E-state index contributed by atoms with van der Waals surface area (Å²) in [6, 6.07) is 12.0. The molecular weight excluding hydrogens is 573 g/mol. The Balaban J connectivity index is 1.22. The fourth-order valence-electron chi connectivity index (χ4n) is 7.60. The van der Waals surface area contributed by atoms with Gasteiger partial charge in [0.15, 0.2) is 5.82 Å². The molecular formula is C34H38FN7O3. The van der Waals surface area contributed by atoms with E-state index < -0.39 is 5.82 Å². The maximum absolute atomic E-state index is 14.4. The lowest BCUT2D eigenvalue weighted by molar-refractivity contribution is 0.00803. The second-order valence-corrected chi connectivity index (χ2v) is 13.1. The van der Waals surface area contributed by atoms with E-state index in [2.05, 4.69) is 44.9 Å². The minimum atomic E-state index is -0.526. The van der Waals surface area contributed by atoms with Crippen molar-refractivity contribution < 1.29 is 18.7 Å². The summed E-state index contributed by atoms with van der Waals surface area (Å²) in [7, 11) is 0. The standard InChI is InChI=1S/C34H38FN7O3/c1-6-40(21(4)5)33(44)25-15-22(35)11-12-27(25)45-31-30(36-19-37-38-31)39-14-13-34(17-39)18-42-26(20(2)3)16-41-28(29(34)42)23-9-7-8-10-24(23)32(41)43/h7-12,15,19-21,26H,6,13-14,16-18H2,1-5H3. The first kappa shape index (κ1) is 29.2. The SMILES string of the molecule is CCN(C(=O)c1cc(F)ccc1Oc1nncnc1N1CCC2(C1)CN1C2=C2c3ccccc3C(=O)N2CC1C(C)C)C(C)C. The van der Waals surface area contributed by atoms with Gasteiger partial charge in [0.05, 0.1) is 11.3 Å². The van der Waals surface area contributed by atoms with Gasteiger partial charge in [0.25, 0.3) is 17.7 Å². The number of amides is 2. The first-order chi connectivity index (χ1) is 21.6. The number of hydrogen-bond acceptors (Lipinski definition) is 8. The highest BCUT2D eigenvalue weighted by atomic mass is 19.1. The van der Waals surface area contributed by atoms with Gasteiger partial charge in [-0.15, -0.1) is 10.2 Å². The number of anilines is 1. The molecule has 2 amide bonds. The molecule has 45 heavy (non-hydrogen) atoms. The summed E-state index contributed by atoms with van der Waals surface area (Å²) < 4.78 is 20.6. The Morgan fingerprint density at radius 1 is 1.13 bits per heavy atom. The largest absolute Gasteiger partial charge is 0.434 e. The van der Waals surface area contributed by atoms with Crippen LogP contribution < -0.4 is 9.64 Å². The summed E-state index contributed by atoms with van der Waals surface area (Å²) in [5.74, 6) is 0.476. The van der Waals surface area contributed by atoms with E-state index in [9.17, 15) is 14.0 Å². The van der Waals surface area contributed by atoms with E-state index in [1.807, 2.05) is 43.9 Å². The summed E-state index contributed by atoms with van der Waals surface area (Å²) in [4.78, 5) is 39.9. The van der Waals surface area contributed by atoms with E-state index in [1.165, 1.54) is 30.2 Å². The molecule has 11 heteroatoms. The average Bonchev–Trinajstić information content (AvgIpc) is 3.58. The smallest absolute Gasteiger partial charge is 0.282 e. The molecule has 2 unspecified atom stereocenters. The minimum absolute atomic E-state index is 0.0707. The molecule has 1 spiro atoms. The van der Waals surface area contributed by atoms with Crippen molar-refractivity contribution in [2.24, 2.45) is 11.3 Å². The van der Waals surface area contributed by atoms with E-state index in [-0.39, 0.29) is 46.5 Å². The summed E-state index contributed by atoms with van der Waals surface area (Å²) in [6.45, 7) is 13.6. The highest BCUT2D eigenvalue weighted by Gasteiger charge is 2.60. The maximum atomic E-state index is 14.4. The van der Waals surface area contributed by atoms with E-state index in [0.29, 0.717) is 37.9 Å². The fraction of sp³-hybridized carbons (Fsp3) is 0.441. The van der Waals surface area contributed by atoms with Crippen molar-refractivity contribution in [3.63, 3.8) is 0 Å². The van der Waals surface area contributed by atoms with Gasteiger partial charge in [-0.2, -0.15) is 0 Å². The Hall–Kier alpha value is -4.54. The van der Waals surface area contributed by atoms with Crippen LogP contribution >= 0.6 is 0 Å². The van der Waals surface area contributed by atoms with Crippen LogP contribution in [0.1, 0.15) is 67.3 Å². The van der Waals surface area contributed by atoms with Gasteiger partial charge in [-0.05, 0) is 57.4 Å². The van der Waals surface area contributed by atoms with Crippen molar-refractivity contribution in [2.45, 2.75) is 53.1 Å². The zero-order valence-electron chi connectivity index (χ0n) is 26.3. The van der Waals surface area contributed by atoms with Gasteiger partial charge in [-0.25, -0.2) is 9.37 Å². The molecule has 0 radical (unpaired) electrons. The molecule has 0 aliphatic carbocycles. The van der Waals surface area contributed by atoms with E-state index in [1.54, 1.807) is 4.90 Å². The number of carbonyl (C=O) groups is 2. The molecule has 2 fully saturated rings. The Bertz CT molecular complexity index is 1730. The van der Waals surface area contributed by atoms with Gasteiger partial charge in [0.2, 0.25) is 0 Å². The molecule has 2 saturated heterocycles. The van der Waals surface area contributed by atoms with Crippen LogP contribution in [0.15, 0.2) is 54.5 Å². The minimum Gasteiger partial charge on any atom is -0.434 e. The van der Waals surface area contributed by atoms with Gasteiger partial charge in [-0.1, -0.05) is 32.0 Å². The van der Waals surface area contributed by atoms with Crippen molar-refractivity contribution in [3.05, 3.63) is 77.0 Å². The van der Waals surface area contributed by atoms with Crippen LogP contribution in [-0.4, -0.2) is 86.5 Å². The third kappa shape index (κ3) is 4.54. The highest BCUT2D eigenvalue weighted by molar-refractivity contribution is 6.10. The number of hydrogen-bond donors (Lipinski definition) is 0. The summed E-state index contributed by atoms with van der Waals surface area (Å²) in [5.41, 5.74) is 3.99. The van der Waals surface area contributed by atoms with Crippen LogP contribution in [0.5, 0.6) is 11.6 Å². The van der Waals surface area contributed by atoms with E-state index in [4.69, 9.17) is 4.74 Å². The highest BCUT2D eigenvalue weighted by Crippen LogP contribution is 2.57. The topological polar surface area (TPSA) is 95.0 Å². The van der Waals surface area contributed by atoms with Crippen molar-refractivity contribution in [2.75, 3.05) is 37.6 Å². The third-order valence-electron chi connectivity index (χ3n) is 9.78. The lowest BCUT2D eigenvalue weighted by atomic mass is 9.70. The van der Waals surface area contributed by atoms with Crippen molar-refractivity contribution in [1.82, 2.24) is 29.9 Å². The van der Waals surface area contributed by atoms with Gasteiger partial charge in [0.1, 0.15) is 17.9 Å². The van der Waals surface area contributed by atoms with Crippen LogP contribution in [0, 0.1) is 17.2 Å². The lowest BCUT2D eigenvalue weighted by Gasteiger charge is -2.60. The average molecular weight is 612 g/mol. The van der Waals surface area contributed by atoms with E-state index in [0.717, 1.165) is 29.8 Å². The Morgan fingerprint density at radius 3 is 2.64 bits per heavy atom. The van der Waals surface area contributed by atoms with Crippen molar-refractivity contribution in [3.8, 4) is 11.6 Å². The Labute approximate surface area is 262 Å². The Kier molecular flexibility index (Phi) is 7.02. The van der Waals surface area contributed by atoms with Crippen LogP contribution in [-0.2, 0) is 0 Å². The molecule has 3 aromatic rings. The number of fused-ring (bicyclic) bond motifs is 5. The van der Waals surface area contributed by atoms with E-state index >= 15 is 0 Å². The number of benzene rings is 2. The Morgan fingerprint density at radius 2 is 1.91 bits per heavy atom. The number of carbonyl (C=O) groups excluding carboxylic acids is 2. The number of nitrogens with zero attached hydrogens (tertiary/aromatic N) is 7. The number of aromatic nitrogens is 3. The van der Waals surface area contributed by atoms with Crippen LogP contribution in [0.2, 0.25) is 0 Å². The normalized spacial score (nSPS) is 21.8. The molecule has 7 rings (SSSR count). The summed E-state index contributed by atoms with van der Waals surface area (Å²) >= 11 is 0. The summed E-state index contributed by atoms with van der Waals surface area (Å²) in [6.07, 6.45) is 2.26. The monoisotopic (exact) mass is 611 g/mol. The van der Waals surface area contributed by atoms with Gasteiger partial charge < -0.3 is 24.3 Å². The molecule has 234 valence electrons. The van der Waals surface area contributed by atoms with Crippen LogP contribution in [0.25, 0.3) is 5.70 Å². The lowest BCUT2D eigenvalue weighted by Crippen LogP contribution is -2.65. The third-order valence-corrected chi connectivity index (χ3v) is 9.78. The molecule has 0 saturated carbocycles. The number of halogens is 1. The molecule has 10 nitrogen and oxygen atoms in total. The zero-order chi connectivity index (χ0) is 31.6. The molecule has 4 aliphatic rings. The van der Waals surface area contributed by atoms with Crippen molar-refractivity contribution in [1.29, 1.82) is 0 Å². The van der Waals surface area contributed by atoms with Gasteiger partial charge in [0, 0.05) is 67.0 Å². The van der Waals surface area contributed by atoms with Crippen LogP contribution in [0.3, 0.4) is 0 Å². The molecule has 2 aromatic carbocycles. The van der Waals surface area contributed by atoms with Gasteiger partial charge >= 0.3 is 0 Å². The molecule has 5 heterocycles. The molecule has 4 aliphatic heterocycles. The molecule has 0 N–H and O–H groups in total. The number of ether oxygens (including phenoxy) is 1. The first-order valence-corrected chi connectivity index (χ1v) is 15.8. The zero-order valence-corrected chi connectivity index (χ0v) is 26.3. The predicted octanol–water partition coefficient (Wildman–Crippen LogP) is 5.05. The van der Waals surface area contributed by atoms with Gasteiger partial charge in [-0.3, -0.25) is 9.59 Å². The molecule has 2 atom stereocenters. The quantitative estimate of drug-likeness (QED) is 0.367. The number of rotatable bonds is 7. The maximum Gasteiger partial charge on any atom is 0.282 e. The molecule has 0 bridgehead atoms. The van der Waals surface area contributed by atoms with Crippen LogP contribution in [0.4, 0.5) is 10.2 Å². The second kappa shape index (κ2) is 10.8. The first-order valence-electron chi connectivity index (χ1n) is 15.8. The van der Waals surface area contributed by atoms with Crippen molar-refractivity contribution >= 4 is 23.3 Å². The predicted molar refractivity (Wildman–Crippen MR) is 167 cm³/mol. The summed E-state index contributed by atoms with van der Waals surface area (Å²) in [5, 5.41) is 8.26. The fourth-order valence-corrected chi connectivity index (χ4v) is 7.60.